The van der Waals surface area contributed by atoms with Gasteiger partial charge in [-0.3, -0.25) is 4.79 Å². The van der Waals surface area contributed by atoms with Gasteiger partial charge in [0.2, 0.25) is 0 Å². The number of nitrogens with one attached hydrogen (secondary N) is 2. The van der Waals surface area contributed by atoms with E-state index in [1.54, 1.807) is 6.20 Å². The molecule has 4 nitrogen and oxygen atoms in total. The van der Waals surface area contributed by atoms with E-state index in [0.717, 1.165) is 29.4 Å². The van der Waals surface area contributed by atoms with Gasteiger partial charge < -0.3 is 10.6 Å². The van der Waals surface area contributed by atoms with Gasteiger partial charge in [0, 0.05) is 24.7 Å². The lowest BCUT2D eigenvalue weighted by Gasteiger charge is -2.10. The smallest absolute Gasteiger partial charge is 0.253 e. The molecule has 1 aromatic carbocycles. The molecule has 1 heterocycles. The fourth-order valence-corrected chi connectivity index (χ4v) is 2.69. The zero-order chi connectivity index (χ0) is 14.1. The third kappa shape index (κ3) is 2.22. The fraction of sp³-hybridized carbons (Fsp3) is 0.375. The van der Waals surface area contributed by atoms with Crippen LogP contribution in [0.25, 0.3) is 10.8 Å². The second-order valence-electron chi connectivity index (χ2n) is 5.30. The van der Waals surface area contributed by atoms with Gasteiger partial charge in [0.15, 0.2) is 0 Å². The molecule has 20 heavy (non-hydrogen) atoms. The molecule has 2 unspecified atom stereocenters. The van der Waals surface area contributed by atoms with Crippen molar-refractivity contribution in [3.8, 4) is 0 Å². The van der Waals surface area contributed by atoms with E-state index in [2.05, 4.69) is 22.5 Å². The quantitative estimate of drug-likeness (QED) is 0.897. The van der Waals surface area contributed by atoms with Crippen LogP contribution in [-0.2, 0) is 0 Å². The lowest BCUT2D eigenvalue weighted by Crippen LogP contribution is -2.27. The highest BCUT2D eigenvalue weighted by molar-refractivity contribution is 6.09. The molecule has 4 heteroatoms. The van der Waals surface area contributed by atoms with E-state index in [1.807, 2.05) is 31.3 Å². The second-order valence-corrected chi connectivity index (χ2v) is 5.30. The summed E-state index contributed by atoms with van der Waals surface area (Å²) in [4.78, 5) is 16.7. The molecule has 2 N–H and O–H groups in total. The molecule has 0 aliphatic heterocycles. The minimum atomic E-state index is -0.0164. The first-order chi connectivity index (χ1) is 9.74. The number of carbonyl (C=O) groups is 1. The average Bonchev–Trinajstić information content (AvgIpc) is 3.24. The normalized spacial score (nSPS) is 20.7. The van der Waals surface area contributed by atoms with Gasteiger partial charge >= 0.3 is 0 Å². The summed E-state index contributed by atoms with van der Waals surface area (Å²) in [6.07, 6.45) is 3.89. The molecule has 2 aromatic rings. The molecular weight excluding hydrogens is 250 g/mol. The highest BCUT2D eigenvalue weighted by Crippen LogP contribution is 2.33. The Hall–Kier alpha value is -2.10. The van der Waals surface area contributed by atoms with Gasteiger partial charge in [-0.25, -0.2) is 4.98 Å². The zero-order valence-corrected chi connectivity index (χ0v) is 11.8. The van der Waals surface area contributed by atoms with Gasteiger partial charge in [0.1, 0.15) is 5.82 Å². The van der Waals surface area contributed by atoms with Gasteiger partial charge in [0.05, 0.1) is 5.56 Å². The number of rotatable bonds is 4. The molecule has 0 bridgehead atoms. The molecule has 2 atom stereocenters. The number of hydrogen-bond acceptors (Lipinski definition) is 3. The first-order valence-corrected chi connectivity index (χ1v) is 7.11. The highest BCUT2D eigenvalue weighted by atomic mass is 16.1. The van der Waals surface area contributed by atoms with Crippen molar-refractivity contribution in [2.24, 2.45) is 5.92 Å². The number of carbonyl (C=O) groups excluding carboxylic acids is 1. The number of pyridine rings is 1. The van der Waals surface area contributed by atoms with Gasteiger partial charge in [-0.05, 0) is 17.7 Å². The van der Waals surface area contributed by atoms with Crippen LogP contribution in [0.5, 0.6) is 0 Å². The largest absolute Gasteiger partial charge is 0.373 e. The SMILES string of the molecule is CCC1CC1NC(=O)c1cnc(NC)c2ccccc12. The minimum Gasteiger partial charge on any atom is -0.373 e. The van der Waals surface area contributed by atoms with E-state index < -0.39 is 0 Å². The predicted molar refractivity (Wildman–Crippen MR) is 80.9 cm³/mol. The van der Waals surface area contributed by atoms with E-state index in [-0.39, 0.29) is 5.91 Å². The van der Waals surface area contributed by atoms with Crippen molar-refractivity contribution in [3.63, 3.8) is 0 Å². The molecule has 1 saturated carbocycles. The van der Waals surface area contributed by atoms with Crippen LogP contribution in [0, 0.1) is 5.92 Å². The predicted octanol–water partition coefficient (Wildman–Crippen LogP) is 2.80. The first kappa shape index (κ1) is 12.9. The third-order valence-corrected chi connectivity index (χ3v) is 4.04. The maximum absolute atomic E-state index is 12.4. The summed E-state index contributed by atoms with van der Waals surface area (Å²) < 4.78 is 0. The molecule has 1 fully saturated rings. The van der Waals surface area contributed by atoms with Crippen LogP contribution in [0.1, 0.15) is 30.1 Å². The maximum Gasteiger partial charge on any atom is 0.253 e. The standard InChI is InChI=1S/C16H19N3O/c1-3-10-8-14(10)19-16(20)13-9-18-15(17-2)12-7-5-4-6-11(12)13/h4-7,9-10,14H,3,8H2,1-2H3,(H,17,18)(H,19,20). The van der Waals surface area contributed by atoms with E-state index in [4.69, 9.17) is 0 Å². The number of anilines is 1. The number of aromatic nitrogens is 1. The number of hydrogen-bond donors (Lipinski definition) is 2. The maximum atomic E-state index is 12.4. The van der Waals surface area contributed by atoms with Crippen molar-refractivity contribution < 1.29 is 4.79 Å². The second kappa shape index (κ2) is 5.12. The molecule has 1 aliphatic carbocycles. The molecule has 0 radical (unpaired) electrons. The monoisotopic (exact) mass is 269 g/mol. The van der Waals surface area contributed by atoms with Crippen molar-refractivity contribution in [3.05, 3.63) is 36.0 Å². The van der Waals surface area contributed by atoms with Gasteiger partial charge in [0.25, 0.3) is 5.91 Å². The van der Waals surface area contributed by atoms with Gasteiger partial charge in [-0.1, -0.05) is 37.6 Å². The summed E-state index contributed by atoms with van der Waals surface area (Å²) in [5, 5.41) is 8.08. The number of nitrogens with zero attached hydrogens (tertiary/aromatic N) is 1. The number of benzene rings is 1. The Balaban J connectivity index is 1.93. The fourth-order valence-electron chi connectivity index (χ4n) is 2.69. The van der Waals surface area contributed by atoms with E-state index in [0.29, 0.717) is 17.5 Å². The molecule has 0 saturated heterocycles. The Morgan fingerprint density at radius 3 is 2.75 bits per heavy atom. The third-order valence-electron chi connectivity index (χ3n) is 4.04. The summed E-state index contributed by atoms with van der Waals surface area (Å²) in [7, 11) is 1.84. The summed E-state index contributed by atoms with van der Waals surface area (Å²) in [6, 6.07) is 8.20. The van der Waals surface area contributed by atoms with Crippen LogP contribution in [0.15, 0.2) is 30.5 Å². The molecule has 104 valence electrons. The molecule has 1 amide bonds. The Morgan fingerprint density at radius 2 is 2.10 bits per heavy atom. The Kier molecular flexibility index (Phi) is 3.30. The highest BCUT2D eigenvalue weighted by Gasteiger charge is 2.36. The Bertz CT molecular complexity index is 653. The lowest BCUT2D eigenvalue weighted by molar-refractivity contribution is 0.0950. The van der Waals surface area contributed by atoms with Crippen molar-refractivity contribution in [1.29, 1.82) is 0 Å². The van der Waals surface area contributed by atoms with Crippen LogP contribution >= 0.6 is 0 Å². The lowest BCUT2D eigenvalue weighted by atomic mass is 10.1. The summed E-state index contributed by atoms with van der Waals surface area (Å²) in [5.74, 6) is 1.43. The Labute approximate surface area is 118 Å². The van der Waals surface area contributed by atoms with Gasteiger partial charge in [-0.2, -0.15) is 0 Å². The molecule has 1 aliphatic rings. The van der Waals surface area contributed by atoms with Crippen molar-refractivity contribution >= 4 is 22.5 Å². The number of fused-ring (bicyclic) bond motifs is 1. The topological polar surface area (TPSA) is 54.0 Å². The van der Waals surface area contributed by atoms with Crippen molar-refractivity contribution in [2.45, 2.75) is 25.8 Å². The average molecular weight is 269 g/mol. The number of amides is 1. The van der Waals surface area contributed by atoms with Crippen LogP contribution in [0.2, 0.25) is 0 Å². The molecular formula is C16H19N3O. The van der Waals surface area contributed by atoms with Gasteiger partial charge in [-0.15, -0.1) is 0 Å². The van der Waals surface area contributed by atoms with Crippen LogP contribution in [-0.4, -0.2) is 24.0 Å². The minimum absolute atomic E-state index is 0.0164. The zero-order valence-electron chi connectivity index (χ0n) is 11.8. The van der Waals surface area contributed by atoms with Crippen LogP contribution in [0.4, 0.5) is 5.82 Å². The van der Waals surface area contributed by atoms with Crippen molar-refractivity contribution in [2.75, 3.05) is 12.4 Å². The molecule has 1 aromatic heterocycles. The van der Waals surface area contributed by atoms with Crippen molar-refractivity contribution in [1.82, 2.24) is 10.3 Å². The molecule has 3 rings (SSSR count). The summed E-state index contributed by atoms with van der Waals surface area (Å²) >= 11 is 0. The first-order valence-electron chi connectivity index (χ1n) is 7.11. The van der Waals surface area contributed by atoms with E-state index >= 15 is 0 Å². The van der Waals surface area contributed by atoms with E-state index in [9.17, 15) is 4.79 Å². The van der Waals surface area contributed by atoms with Crippen LogP contribution < -0.4 is 10.6 Å². The van der Waals surface area contributed by atoms with E-state index in [1.165, 1.54) is 0 Å². The van der Waals surface area contributed by atoms with Crippen LogP contribution in [0.3, 0.4) is 0 Å². The Morgan fingerprint density at radius 1 is 1.35 bits per heavy atom. The summed E-state index contributed by atoms with van der Waals surface area (Å²) in [5.41, 5.74) is 0.654. The molecule has 0 spiro atoms. The summed E-state index contributed by atoms with van der Waals surface area (Å²) in [6.45, 7) is 2.16.